The summed E-state index contributed by atoms with van der Waals surface area (Å²) in [7, 11) is 0. The average Bonchev–Trinajstić information content (AvgIpc) is 3.09. The van der Waals surface area contributed by atoms with Crippen molar-refractivity contribution in [3.63, 3.8) is 0 Å². The summed E-state index contributed by atoms with van der Waals surface area (Å²) in [5.74, 6) is 0.372. The minimum absolute atomic E-state index is 0. The van der Waals surface area contributed by atoms with Crippen LogP contribution in [0.25, 0.3) is 0 Å². The summed E-state index contributed by atoms with van der Waals surface area (Å²) in [6.07, 6.45) is 3.66. The Hall–Kier alpha value is -1.84. The molecule has 0 amide bonds. The second-order valence-electron chi connectivity index (χ2n) is 5.46. The summed E-state index contributed by atoms with van der Waals surface area (Å²) < 4.78 is 14.8. The van der Waals surface area contributed by atoms with Gasteiger partial charge in [0, 0.05) is 44.3 Å². The van der Waals surface area contributed by atoms with Crippen molar-refractivity contribution in [2.75, 3.05) is 37.6 Å². The lowest BCUT2D eigenvalue weighted by Gasteiger charge is -2.36. The first kappa shape index (κ1) is 18.5. The summed E-state index contributed by atoms with van der Waals surface area (Å²) in [6, 6.07) is 8.50. The van der Waals surface area contributed by atoms with Crippen LogP contribution in [0.5, 0.6) is 0 Å². The molecule has 1 aromatic heterocycles. The zero-order valence-electron chi connectivity index (χ0n) is 13.4. The molecular formula is C16H22FIN6. The van der Waals surface area contributed by atoms with Gasteiger partial charge in [-0.2, -0.15) is 5.10 Å². The normalized spacial score (nSPS) is 15.3. The summed E-state index contributed by atoms with van der Waals surface area (Å²) in [6.45, 7) is 4.67. The third-order valence-electron chi connectivity index (χ3n) is 3.96. The Kier molecular flexibility index (Phi) is 6.83. The number of benzene rings is 1. The van der Waals surface area contributed by atoms with Crippen LogP contribution in [0.15, 0.2) is 47.7 Å². The molecule has 1 saturated heterocycles. The predicted octanol–water partition coefficient (Wildman–Crippen LogP) is 1.78. The molecule has 0 bridgehead atoms. The monoisotopic (exact) mass is 444 g/mol. The lowest BCUT2D eigenvalue weighted by atomic mass is 10.2. The van der Waals surface area contributed by atoms with E-state index >= 15 is 0 Å². The van der Waals surface area contributed by atoms with Crippen molar-refractivity contribution >= 4 is 35.6 Å². The Bertz CT molecular complexity index is 635. The van der Waals surface area contributed by atoms with Crippen LogP contribution in [-0.4, -0.2) is 53.4 Å². The molecule has 1 fully saturated rings. The number of guanidine groups is 1. The Labute approximate surface area is 158 Å². The van der Waals surface area contributed by atoms with E-state index in [2.05, 4.69) is 19.9 Å². The van der Waals surface area contributed by atoms with Gasteiger partial charge in [-0.05, 0) is 30.3 Å². The van der Waals surface area contributed by atoms with Crippen molar-refractivity contribution in [2.45, 2.75) is 6.54 Å². The first-order valence-electron chi connectivity index (χ1n) is 7.75. The molecule has 2 heterocycles. The molecule has 0 unspecified atom stereocenters. The molecule has 6 nitrogen and oxygen atoms in total. The van der Waals surface area contributed by atoms with Gasteiger partial charge < -0.3 is 15.5 Å². The molecule has 1 aliphatic heterocycles. The van der Waals surface area contributed by atoms with E-state index in [-0.39, 0.29) is 29.8 Å². The maximum Gasteiger partial charge on any atom is 0.191 e. The number of piperazine rings is 1. The van der Waals surface area contributed by atoms with E-state index in [0.29, 0.717) is 12.5 Å². The zero-order valence-corrected chi connectivity index (χ0v) is 15.7. The molecule has 2 aromatic rings. The molecule has 1 aliphatic rings. The molecule has 8 heteroatoms. The van der Waals surface area contributed by atoms with E-state index < -0.39 is 0 Å². The molecule has 0 radical (unpaired) electrons. The van der Waals surface area contributed by atoms with Gasteiger partial charge >= 0.3 is 0 Å². The van der Waals surface area contributed by atoms with E-state index in [1.165, 1.54) is 12.1 Å². The van der Waals surface area contributed by atoms with E-state index in [1.807, 2.05) is 29.1 Å². The zero-order chi connectivity index (χ0) is 16.1. The largest absolute Gasteiger partial charge is 0.370 e. The molecule has 0 atom stereocenters. The van der Waals surface area contributed by atoms with E-state index in [4.69, 9.17) is 5.73 Å². The predicted molar refractivity (Wildman–Crippen MR) is 104 cm³/mol. The number of halogens is 2. The highest BCUT2D eigenvalue weighted by Crippen LogP contribution is 2.16. The first-order chi connectivity index (χ1) is 11.2. The fourth-order valence-corrected chi connectivity index (χ4v) is 2.65. The van der Waals surface area contributed by atoms with Crippen LogP contribution in [-0.2, 0) is 6.54 Å². The van der Waals surface area contributed by atoms with Crippen LogP contribution in [0.2, 0.25) is 0 Å². The summed E-state index contributed by atoms with van der Waals surface area (Å²) in [5, 5.41) is 4.13. The number of hydrogen-bond donors (Lipinski definition) is 1. The second kappa shape index (κ2) is 8.86. The maximum absolute atomic E-state index is 13.0. The third kappa shape index (κ3) is 4.83. The van der Waals surface area contributed by atoms with Crippen LogP contribution in [0.4, 0.5) is 10.1 Å². The van der Waals surface area contributed by atoms with Gasteiger partial charge in [-0.25, -0.2) is 4.39 Å². The first-order valence-corrected chi connectivity index (χ1v) is 7.75. The van der Waals surface area contributed by atoms with Gasteiger partial charge in [-0.1, -0.05) is 0 Å². The lowest BCUT2D eigenvalue weighted by Crippen LogP contribution is -2.51. The summed E-state index contributed by atoms with van der Waals surface area (Å²) >= 11 is 0. The Balaban J connectivity index is 0.00000208. The number of aromatic nitrogens is 2. The van der Waals surface area contributed by atoms with Gasteiger partial charge in [0.25, 0.3) is 0 Å². The smallest absolute Gasteiger partial charge is 0.191 e. The van der Waals surface area contributed by atoms with Gasteiger partial charge in [0.1, 0.15) is 5.82 Å². The summed E-state index contributed by atoms with van der Waals surface area (Å²) in [4.78, 5) is 8.74. The molecule has 130 valence electrons. The van der Waals surface area contributed by atoms with E-state index in [0.717, 1.165) is 38.4 Å². The number of aliphatic imine (C=N–C) groups is 1. The minimum Gasteiger partial charge on any atom is -0.370 e. The SMILES string of the molecule is I.NC(=NCCn1cccn1)N1CCN(c2ccc(F)cc2)CC1. The van der Waals surface area contributed by atoms with Crippen LogP contribution >= 0.6 is 24.0 Å². The Morgan fingerprint density at radius 1 is 1.17 bits per heavy atom. The molecule has 0 saturated carbocycles. The molecular weight excluding hydrogens is 422 g/mol. The topological polar surface area (TPSA) is 62.7 Å². The number of nitrogens with zero attached hydrogens (tertiary/aromatic N) is 5. The molecule has 2 N–H and O–H groups in total. The third-order valence-corrected chi connectivity index (χ3v) is 3.96. The van der Waals surface area contributed by atoms with E-state index in [9.17, 15) is 4.39 Å². The van der Waals surface area contributed by atoms with Crippen LogP contribution in [0, 0.1) is 5.82 Å². The molecule has 24 heavy (non-hydrogen) atoms. The fourth-order valence-electron chi connectivity index (χ4n) is 2.65. The van der Waals surface area contributed by atoms with Crippen LogP contribution < -0.4 is 10.6 Å². The van der Waals surface area contributed by atoms with Gasteiger partial charge in [0.2, 0.25) is 0 Å². The summed E-state index contributed by atoms with van der Waals surface area (Å²) in [5.41, 5.74) is 7.11. The van der Waals surface area contributed by atoms with Gasteiger partial charge in [-0.3, -0.25) is 9.67 Å². The van der Waals surface area contributed by atoms with Gasteiger partial charge in [0.15, 0.2) is 5.96 Å². The second-order valence-corrected chi connectivity index (χ2v) is 5.46. The molecule has 3 rings (SSSR count). The Morgan fingerprint density at radius 2 is 1.88 bits per heavy atom. The van der Waals surface area contributed by atoms with Crippen molar-refractivity contribution in [1.82, 2.24) is 14.7 Å². The Morgan fingerprint density at radius 3 is 2.50 bits per heavy atom. The van der Waals surface area contributed by atoms with Crippen molar-refractivity contribution in [3.8, 4) is 0 Å². The van der Waals surface area contributed by atoms with Gasteiger partial charge in [0.05, 0.1) is 13.1 Å². The number of hydrogen-bond acceptors (Lipinski definition) is 3. The lowest BCUT2D eigenvalue weighted by molar-refractivity contribution is 0.380. The average molecular weight is 444 g/mol. The molecule has 0 spiro atoms. The highest BCUT2D eigenvalue weighted by Gasteiger charge is 2.18. The quantitative estimate of drug-likeness (QED) is 0.444. The van der Waals surface area contributed by atoms with Crippen molar-refractivity contribution in [1.29, 1.82) is 0 Å². The number of nitrogens with two attached hydrogens (primary N) is 1. The van der Waals surface area contributed by atoms with Crippen LogP contribution in [0.1, 0.15) is 0 Å². The highest BCUT2D eigenvalue weighted by molar-refractivity contribution is 14.0. The fraction of sp³-hybridized carbons (Fsp3) is 0.375. The van der Waals surface area contributed by atoms with Gasteiger partial charge in [-0.15, -0.1) is 24.0 Å². The van der Waals surface area contributed by atoms with Crippen molar-refractivity contribution < 1.29 is 4.39 Å². The van der Waals surface area contributed by atoms with E-state index in [1.54, 1.807) is 6.20 Å². The van der Waals surface area contributed by atoms with Crippen LogP contribution in [0.3, 0.4) is 0 Å². The maximum atomic E-state index is 13.0. The van der Waals surface area contributed by atoms with Crippen molar-refractivity contribution in [3.05, 3.63) is 48.5 Å². The molecule has 1 aromatic carbocycles. The van der Waals surface area contributed by atoms with Crippen molar-refractivity contribution in [2.24, 2.45) is 10.7 Å². The highest BCUT2D eigenvalue weighted by atomic mass is 127. The number of rotatable bonds is 4. The minimum atomic E-state index is -0.207. The molecule has 0 aliphatic carbocycles. The standard InChI is InChI=1S/C16H21FN6.HI/c17-14-2-4-15(5-3-14)21-10-12-22(13-11-21)16(18)19-7-9-23-8-1-6-20-23;/h1-6,8H,7,9-13H2,(H2,18,19);1H. The number of anilines is 1.